The molecule has 2 aliphatic heterocycles. The van der Waals surface area contributed by atoms with Crippen LogP contribution in [0.25, 0.3) is 0 Å². The van der Waals surface area contributed by atoms with Crippen LogP contribution in [0.2, 0.25) is 0 Å². The van der Waals surface area contributed by atoms with E-state index in [1.54, 1.807) is 17.3 Å². The molecule has 5 rings (SSSR count). The van der Waals surface area contributed by atoms with Crippen LogP contribution < -0.4 is 9.47 Å². The number of halogens is 2. The van der Waals surface area contributed by atoms with Gasteiger partial charge < -0.3 is 13.9 Å². The Morgan fingerprint density at radius 3 is 2.79 bits per heavy atom. The van der Waals surface area contributed by atoms with Gasteiger partial charge in [0.05, 0.1) is 18.9 Å². The third-order valence-corrected chi connectivity index (χ3v) is 5.11. The molecule has 3 aromatic rings. The smallest absolute Gasteiger partial charge is 0.214 e. The predicted molar refractivity (Wildman–Crippen MR) is 102 cm³/mol. The van der Waals surface area contributed by atoms with Gasteiger partial charge in [-0.15, -0.1) is 0 Å². The largest absolute Gasteiger partial charge is 0.490 e. The Labute approximate surface area is 166 Å². The summed E-state index contributed by atoms with van der Waals surface area (Å²) in [4.78, 5) is 0. The van der Waals surface area contributed by atoms with Crippen LogP contribution in [-0.2, 0) is 0 Å². The van der Waals surface area contributed by atoms with Gasteiger partial charge in [-0.3, -0.25) is 0 Å². The van der Waals surface area contributed by atoms with Crippen LogP contribution in [0, 0.1) is 11.6 Å². The molecule has 0 amide bonds. The summed E-state index contributed by atoms with van der Waals surface area (Å²) < 4.78 is 45.0. The van der Waals surface area contributed by atoms with Crippen LogP contribution in [0.3, 0.4) is 0 Å². The Balaban J connectivity index is 1.63. The Kier molecular flexibility index (Phi) is 4.23. The standard InChI is InChI=1S/C22H18F2N2O3/c1-2-27-20-6-3-5-14-18-12-17(19-7-4-10-28-19)25-26(18)22(29-21(14)20)13-8-9-15(23)16(24)11-13/h3-11,18,22H,2,12H2,1H3/t18-,22-/m0/s1. The lowest BCUT2D eigenvalue weighted by Gasteiger charge is -2.38. The maximum Gasteiger partial charge on any atom is 0.214 e. The fourth-order valence-electron chi connectivity index (χ4n) is 3.83. The average Bonchev–Trinajstić information content (AvgIpc) is 3.40. The molecular weight excluding hydrogens is 378 g/mol. The molecule has 2 aliphatic rings. The zero-order valence-electron chi connectivity index (χ0n) is 15.6. The van der Waals surface area contributed by atoms with Crippen molar-refractivity contribution in [2.24, 2.45) is 5.10 Å². The normalized spacial score (nSPS) is 20.0. The van der Waals surface area contributed by atoms with Gasteiger partial charge in [0.2, 0.25) is 6.23 Å². The molecule has 29 heavy (non-hydrogen) atoms. The molecule has 0 aliphatic carbocycles. The zero-order valence-corrected chi connectivity index (χ0v) is 15.6. The second-order valence-corrected chi connectivity index (χ2v) is 6.88. The van der Waals surface area contributed by atoms with Gasteiger partial charge in [-0.1, -0.05) is 18.2 Å². The minimum absolute atomic E-state index is 0.141. The summed E-state index contributed by atoms with van der Waals surface area (Å²) in [5, 5.41) is 6.49. The molecule has 2 atom stereocenters. The number of nitrogens with zero attached hydrogens (tertiary/aromatic N) is 2. The average molecular weight is 396 g/mol. The number of benzene rings is 2. The number of hydrazone groups is 1. The molecule has 0 bridgehead atoms. The van der Waals surface area contributed by atoms with Crippen LogP contribution in [0.15, 0.2) is 64.3 Å². The lowest BCUT2D eigenvalue weighted by molar-refractivity contribution is -0.0214. The Morgan fingerprint density at radius 1 is 1.14 bits per heavy atom. The van der Waals surface area contributed by atoms with Crippen molar-refractivity contribution >= 4 is 5.71 Å². The SMILES string of the molecule is CCOc1cccc2c1O[C@@H](c1ccc(F)c(F)c1)N1N=C(c3ccco3)C[C@@H]21. The van der Waals surface area contributed by atoms with E-state index in [0.717, 1.165) is 23.4 Å². The number of ether oxygens (including phenoxy) is 2. The Bertz CT molecular complexity index is 1080. The first kappa shape index (κ1) is 17.7. The van der Waals surface area contributed by atoms with Crippen LogP contribution in [0.1, 0.15) is 42.5 Å². The lowest BCUT2D eigenvalue weighted by Crippen LogP contribution is -2.34. The van der Waals surface area contributed by atoms with E-state index in [1.807, 2.05) is 31.2 Å². The van der Waals surface area contributed by atoms with E-state index in [0.29, 0.717) is 35.9 Å². The van der Waals surface area contributed by atoms with Gasteiger partial charge in [-0.25, -0.2) is 13.8 Å². The van der Waals surface area contributed by atoms with E-state index in [1.165, 1.54) is 6.07 Å². The molecule has 0 spiro atoms. The molecule has 0 unspecified atom stereocenters. The number of fused-ring (bicyclic) bond motifs is 3. The molecule has 148 valence electrons. The van der Waals surface area contributed by atoms with Crippen molar-refractivity contribution in [3.63, 3.8) is 0 Å². The zero-order chi connectivity index (χ0) is 20.0. The molecule has 0 saturated carbocycles. The van der Waals surface area contributed by atoms with Crippen LogP contribution in [-0.4, -0.2) is 17.3 Å². The van der Waals surface area contributed by atoms with E-state index in [-0.39, 0.29) is 6.04 Å². The molecule has 3 heterocycles. The summed E-state index contributed by atoms with van der Waals surface area (Å²) in [5.74, 6) is 0.0505. The number of hydrogen-bond donors (Lipinski definition) is 0. The fourth-order valence-corrected chi connectivity index (χ4v) is 3.83. The summed E-state index contributed by atoms with van der Waals surface area (Å²) in [5.41, 5.74) is 2.17. The third kappa shape index (κ3) is 2.93. The highest BCUT2D eigenvalue weighted by molar-refractivity contribution is 5.99. The monoisotopic (exact) mass is 396 g/mol. The van der Waals surface area contributed by atoms with Gasteiger partial charge in [0.1, 0.15) is 11.5 Å². The molecule has 2 aromatic carbocycles. The van der Waals surface area contributed by atoms with Crippen LogP contribution in [0.4, 0.5) is 8.78 Å². The molecule has 7 heteroatoms. The second kappa shape index (κ2) is 6.92. The maximum absolute atomic E-state index is 13.9. The highest BCUT2D eigenvalue weighted by Crippen LogP contribution is 2.50. The minimum Gasteiger partial charge on any atom is -0.490 e. The van der Waals surface area contributed by atoms with Gasteiger partial charge in [-0.2, -0.15) is 5.10 Å². The van der Waals surface area contributed by atoms with Crippen molar-refractivity contribution < 1.29 is 22.7 Å². The van der Waals surface area contributed by atoms with Crippen molar-refractivity contribution in [3.05, 3.63) is 83.3 Å². The molecule has 0 radical (unpaired) electrons. The van der Waals surface area contributed by atoms with E-state index < -0.39 is 17.9 Å². The van der Waals surface area contributed by atoms with E-state index >= 15 is 0 Å². The number of furan rings is 1. The first-order valence-corrected chi connectivity index (χ1v) is 9.42. The number of hydrogen-bond acceptors (Lipinski definition) is 5. The maximum atomic E-state index is 13.9. The third-order valence-electron chi connectivity index (χ3n) is 5.11. The van der Waals surface area contributed by atoms with Gasteiger partial charge in [0, 0.05) is 17.5 Å². The van der Waals surface area contributed by atoms with E-state index in [9.17, 15) is 8.78 Å². The summed E-state index contributed by atoms with van der Waals surface area (Å²) in [7, 11) is 0. The second-order valence-electron chi connectivity index (χ2n) is 6.88. The first-order chi connectivity index (χ1) is 14.2. The Morgan fingerprint density at radius 2 is 2.03 bits per heavy atom. The molecule has 0 saturated heterocycles. The topological polar surface area (TPSA) is 47.2 Å². The van der Waals surface area contributed by atoms with E-state index in [2.05, 4.69) is 0 Å². The highest BCUT2D eigenvalue weighted by Gasteiger charge is 2.42. The van der Waals surface area contributed by atoms with Gasteiger partial charge in [0.15, 0.2) is 23.1 Å². The molecular formula is C22H18F2N2O3. The van der Waals surface area contributed by atoms with Gasteiger partial charge >= 0.3 is 0 Å². The minimum atomic E-state index is -0.930. The number of rotatable bonds is 4. The summed E-state index contributed by atoms with van der Waals surface area (Å²) in [6.45, 7) is 2.38. The lowest BCUT2D eigenvalue weighted by atomic mass is 9.97. The van der Waals surface area contributed by atoms with Crippen molar-refractivity contribution in [2.45, 2.75) is 25.6 Å². The summed E-state index contributed by atoms with van der Waals surface area (Å²) in [6.07, 6.45) is 1.47. The van der Waals surface area contributed by atoms with Crippen molar-refractivity contribution in [3.8, 4) is 11.5 Å². The summed E-state index contributed by atoms with van der Waals surface area (Å²) in [6, 6.07) is 13.0. The van der Waals surface area contributed by atoms with Crippen LogP contribution >= 0.6 is 0 Å². The Hall–Kier alpha value is -3.35. The van der Waals surface area contributed by atoms with Gasteiger partial charge in [-0.05, 0) is 37.3 Å². The molecule has 0 fully saturated rings. The van der Waals surface area contributed by atoms with Crippen molar-refractivity contribution in [2.75, 3.05) is 6.61 Å². The molecule has 0 N–H and O–H groups in total. The quantitative estimate of drug-likeness (QED) is 0.608. The molecule has 1 aromatic heterocycles. The van der Waals surface area contributed by atoms with Crippen molar-refractivity contribution in [1.82, 2.24) is 5.01 Å². The predicted octanol–water partition coefficient (Wildman–Crippen LogP) is 5.20. The highest BCUT2D eigenvalue weighted by atomic mass is 19.2. The molecule has 5 nitrogen and oxygen atoms in total. The van der Waals surface area contributed by atoms with Gasteiger partial charge in [0.25, 0.3) is 0 Å². The van der Waals surface area contributed by atoms with Crippen LogP contribution in [0.5, 0.6) is 11.5 Å². The first-order valence-electron chi connectivity index (χ1n) is 9.42. The fraction of sp³-hybridized carbons (Fsp3) is 0.227. The van der Waals surface area contributed by atoms with Crippen molar-refractivity contribution in [1.29, 1.82) is 0 Å². The van der Waals surface area contributed by atoms with E-state index in [4.69, 9.17) is 19.0 Å². The number of para-hydroxylation sites is 1. The summed E-state index contributed by atoms with van der Waals surface area (Å²) >= 11 is 0.